The number of esters is 1. The number of thiazole rings is 1. The predicted octanol–water partition coefficient (Wildman–Crippen LogP) is 5.77. The number of phenolic OH excluding ortho intramolecular Hbond substituents is 1. The van der Waals surface area contributed by atoms with E-state index in [1.807, 2.05) is 31.2 Å². The van der Waals surface area contributed by atoms with Crippen molar-refractivity contribution in [3.8, 4) is 5.75 Å². The van der Waals surface area contributed by atoms with Crippen LogP contribution in [0.3, 0.4) is 0 Å². The molecule has 9 heteroatoms. The minimum atomic E-state index is -0.656. The van der Waals surface area contributed by atoms with E-state index in [-0.39, 0.29) is 17.9 Å². The highest BCUT2D eigenvalue weighted by atomic mass is 127. The van der Waals surface area contributed by atoms with Crippen molar-refractivity contribution in [1.82, 2.24) is 4.57 Å². The number of fused-ring (bicyclic) bond motifs is 1. The summed E-state index contributed by atoms with van der Waals surface area (Å²) < 4.78 is 8.94. The van der Waals surface area contributed by atoms with Gasteiger partial charge in [0.25, 0.3) is 5.56 Å². The molecule has 0 saturated heterocycles. The van der Waals surface area contributed by atoms with Crippen LogP contribution in [0.1, 0.15) is 69.2 Å². The minimum absolute atomic E-state index is 0.106. The quantitative estimate of drug-likeness (QED) is 0.252. The Morgan fingerprint density at radius 2 is 1.97 bits per heavy atom. The molecule has 2 aromatic carbocycles. The molecule has 6 nitrogen and oxygen atoms in total. The minimum Gasteiger partial charge on any atom is -0.506 e. The molecule has 1 atom stereocenters. The van der Waals surface area contributed by atoms with E-state index >= 15 is 0 Å². The molecule has 194 valence electrons. The van der Waals surface area contributed by atoms with Crippen molar-refractivity contribution in [3.05, 3.63) is 92.1 Å². The molecule has 0 saturated carbocycles. The number of phenols is 1. The number of halogens is 2. The van der Waals surface area contributed by atoms with Crippen molar-refractivity contribution in [1.29, 1.82) is 0 Å². The van der Waals surface area contributed by atoms with Gasteiger partial charge in [-0.15, -0.1) is 0 Å². The summed E-state index contributed by atoms with van der Waals surface area (Å²) >= 11 is 6.77. The molecule has 3 aromatic rings. The molecule has 37 heavy (non-hydrogen) atoms. The van der Waals surface area contributed by atoms with Gasteiger partial charge in [-0.25, -0.2) is 9.79 Å². The topological polar surface area (TPSA) is 80.9 Å². The van der Waals surface area contributed by atoms with Gasteiger partial charge in [0.15, 0.2) is 4.80 Å². The molecular formula is C28H28BrIN2O4S. The third kappa shape index (κ3) is 5.63. The summed E-state index contributed by atoms with van der Waals surface area (Å²) in [7, 11) is 0. The van der Waals surface area contributed by atoms with E-state index in [0.717, 1.165) is 16.5 Å². The molecule has 2 heterocycles. The second kappa shape index (κ2) is 11.7. The number of hydrogen-bond donors (Lipinski definition) is 1. The maximum Gasteiger partial charge on any atom is 0.338 e. The van der Waals surface area contributed by atoms with Crippen LogP contribution in [0.15, 0.2) is 61.9 Å². The van der Waals surface area contributed by atoms with E-state index in [0.29, 0.717) is 42.1 Å². The summed E-state index contributed by atoms with van der Waals surface area (Å²) in [6.07, 6.45) is 3.06. The molecule has 0 aliphatic carbocycles. The first-order chi connectivity index (χ1) is 17.7. The van der Waals surface area contributed by atoms with E-state index < -0.39 is 12.0 Å². The number of carbonyl (C=O) groups excluding carboxylic acids is 1. The second-order valence-electron chi connectivity index (χ2n) is 9.06. The van der Waals surface area contributed by atoms with Crippen molar-refractivity contribution in [3.63, 3.8) is 0 Å². The molecular weight excluding hydrogens is 667 g/mol. The van der Waals surface area contributed by atoms with Crippen LogP contribution in [-0.4, -0.2) is 22.2 Å². The van der Waals surface area contributed by atoms with Crippen molar-refractivity contribution >= 4 is 61.9 Å². The van der Waals surface area contributed by atoms with Gasteiger partial charge in [-0.05, 0) is 71.2 Å². The first kappa shape index (κ1) is 27.8. The summed E-state index contributed by atoms with van der Waals surface area (Å²) in [5.74, 6) is 0.00267. The number of aromatic nitrogens is 1. The third-order valence-corrected chi connectivity index (χ3v) is 8.42. The molecule has 0 radical (unpaired) electrons. The maximum atomic E-state index is 13.9. The van der Waals surface area contributed by atoms with Crippen molar-refractivity contribution < 1.29 is 14.6 Å². The van der Waals surface area contributed by atoms with Gasteiger partial charge in [0.05, 0.1) is 32.0 Å². The second-order valence-corrected chi connectivity index (χ2v) is 12.1. The van der Waals surface area contributed by atoms with E-state index in [1.165, 1.54) is 16.9 Å². The molecule has 1 aromatic heterocycles. The van der Waals surface area contributed by atoms with Gasteiger partial charge in [0, 0.05) is 10.0 Å². The van der Waals surface area contributed by atoms with E-state index in [4.69, 9.17) is 9.73 Å². The van der Waals surface area contributed by atoms with Gasteiger partial charge in [-0.3, -0.25) is 9.36 Å². The maximum absolute atomic E-state index is 13.9. The fourth-order valence-electron chi connectivity index (χ4n) is 4.34. The van der Waals surface area contributed by atoms with Crippen molar-refractivity contribution in [2.24, 2.45) is 4.99 Å². The van der Waals surface area contributed by atoms with E-state index in [1.54, 1.807) is 29.7 Å². The van der Waals surface area contributed by atoms with Crippen LogP contribution in [-0.2, 0) is 9.53 Å². The fraction of sp³-hybridized carbons (Fsp3) is 0.321. The molecule has 4 rings (SSSR count). The number of benzene rings is 2. The smallest absolute Gasteiger partial charge is 0.338 e. The molecule has 0 spiro atoms. The Kier molecular flexibility index (Phi) is 8.75. The lowest BCUT2D eigenvalue weighted by Gasteiger charge is -2.26. The molecule has 1 aliphatic heterocycles. The number of rotatable bonds is 7. The lowest BCUT2D eigenvalue weighted by molar-refractivity contribution is -0.139. The van der Waals surface area contributed by atoms with Crippen molar-refractivity contribution in [2.45, 2.75) is 52.5 Å². The average Bonchev–Trinajstić information content (AvgIpc) is 3.16. The van der Waals surface area contributed by atoms with Crippen LogP contribution in [0.5, 0.6) is 5.75 Å². The van der Waals surface area contributed by atoms with Gasteiger partial charge in [0.1, 0.15) is 5.75 Å². The summed E-state index contributed by atoms with van der Waals surface area (Å²) in [6, 6.07) is 11.0. The summed E-state index contributed by atoms with van der Waals surface area (Å²) in [4.78, 5) is 32.5. The van der Waals surface area contributed by atoms with Crippen LogP contribution in [0.4, 0.5) is 0 Å². The van der Waals surface area contributed by atoms with Gasteiger partial charge >= 0.3 is 5.97 Å². The summed E-state index contributed by atoms with van der Waals surface area (Å²) in [5.41, 5.74) is 3.30. The summed E-state index contributed by atoms with van der Waals surface area (Å²) in [5, 5.41) is 10.6. The van der Waals surface area contributed by atoms with Gasteiger partial charge < -0.3 is 9.84 Å². The highest BCUT2D eigenvalue weighted by Crippen LogP contribution is 2.33. The zero-order chi connectivity index (χ0) is 26.9. The third-order valence-electron chi connectivity index (χ3n) is 6.16. The monoisotopic (exact) mass is 694 g/mol. The Labute approximate surface area is 241 Å². The Morgan fingerprint density at radius 3 is 2.59 bits per heavy atom. The first-order valence-corrected chi connectivity index (χ1v) is 14.8. The standard InChI is InChI=1S/C28H28BrIN2O4S/c1-5-7-21-23(27(35)36-6-2)24(17-10-8-16(9-11-17)15(3)4)32-26(34)22(37-28(32)31-21)13-18-12-19(29)14-20(30)25(18)33/h8-15,24,33H,5-7H2,1-4H3/b22-13-/t24-/m0/s1. The number of ether oxygens (including phenoxy) is 1. The fourth-order valence-corrected chi connectivity index (χ4v) is 6.90. The zero-order valence-electron chi connectivity index (χ0n) is 21.0. The molecule has 0 bridgehead atoms. The van der Waals surface area contributed by atoms with Crippen LogP contribution in [0.25, 0.3) is 6.08 Å². The zero-order valence-corrected chi connectivity index (χ0v) is 25.6. The Morgan fingerprint density at radius 1 is 1.27 bits per heavy atom. The van der Waals surface area contributed by atoms with Gasteiger partial charge in [0.2, 0.25) is 0 Å². The normalized spacial score (nSPS) is 15.6. The molecule has 0 unspecified atom stereocenters. The highest BCUT2D eigenvalue weighted by molar-refractivity contribution is 14.1. The van der Waals surface area contributed by atoms with Crippen molar-refractivity contribution in [2.75, 3.05) is 6.61 Å². The van der Waals surface area contributed by atoms with E-state index in [9.17, 15) is 14.7 Å². The van der Waals surface area contributed by atoms with E-state index in [2.05, 4.69) is 52.4 Å². The van der Waals surface area contributed by atoms with Crippen LogP contribution >= 0.6 is 49.9 Å². The number of allylic oxidation sites excluding steroid dienone is 1. The number of hydrogen-bond acceptors (Lipinski definition) is 6. The molecule has 1 aliphatic rings. The van der Waals surface area contributed by atoms with Crippen LogP contribution in [0.2, 0.25) is 0 Å². The first-order valence-electron chi connectivity index (χ1n) is 12.2. The lowest BCUT2D eigenvalue weighted by atomic mass is 9.92. The predicted molar refractivity (Wildman–Crippen MR) is 159 cm³/mol. The summed E-state index contributed by atoms with van der Waals surface area (Å²) in [6.45, 7) is 8.28. The van der Waals surface area contributed by atoms with Crippen LogP contribution in [0, 0.1) is 3.57 Å². The van der Waals surface area contributed by atoms with Crippen LogP contribution < -0.4 is 14.9 Å². The molecule has 0 amide bonds. The van der Waals surface area contributed by atoms with Gasteiger partial charge in [-0.2, -0.15) is 0 Å². The van der Waals surface area contributed by atoms with Gasteiger partial charge in [-0.1, -0.05) is 78.7 Å². The largest absolute Gasteiger partial charge is 0.506 e. The highest BCUT2D eigenvalue weighted by Gasteiger charge is 2.34. The Hall–Kier alpha value is -2.24. The number of aromatic hydroxyl groups is 1. The number of nitrogens with zero attached hydrogens (tertiary/aromatic N) is 2. The SMILES string of the molecule is CCCC1=C(C(=O)OCC)[C@H](c2ccc(C(C)C)cc2)n2c(s/c(=C\c3cc(Br)cc(I)c3O)c2=O)=N1. The lowest BCUT2D eigenvalue weighted by Crippen LogP contribution is -2.40. The number of carbonyl (C=O) groups is 1. The Balaban J connectivity index is 2.00. The molecule has 1 N–H and O–H groups in total. The average molecular weight is 695 g/mol. The Bertz CT molecular complexity index is 1550. The molecule has 0 fully saturated rings.